The van der Waals surface area contributed by atoms with E-state index in [1.165, 1.54) is 0 Å². The summed E-state index contributed by atoms with van der Waals surface area (Å²) in [5, 5.41) is 0. The zero-order valence-electron chi connectivity index (χ0n) is 27.5. The van der Waals surface area contributed by atoms with Crippen LogP contribution in [0.4, 0.5) is 0 Å². The van der Waals surface area contributed by atoms with Gasteiger partial charge in [-0.25, -0.2) is 18.7 Å². The van der Waals surface area contributed by atoms with E-state index in [0.29, 0.717) is 103 Å². The second-order valence-corrected chi connectivity index (χ2v) is 25.8. The smallest absolute Gasteiger partial charge is 0.351 e. The molecule has 14 nitrogen and oxygen atoms in total. The predicted molar refractivity (Wildman–Crippen MR) is 195 cm³/mol. The second kappa shape index (κ2) is 12.4. The Morgan fingerprint density at radius 1 is 0.500 bits per heavy atom. The molecule has 5 saturated heterocycles. The molecule has 10 rings (SSSR count). The number of piperidine rings is 2. The van der Waals surface area contributed by atoms with Crippen LogP contribution in [0, 0.1) is 0 Å². The Kier molecular flexibility index (Phi) is 8.35. The van der Waals surface area contributed by atoms with Crippen LogP contribution >= 0.6 is 51.1 Å². The largest absolute Gasteiger partial charge is 0.430 e. The Labute approximate surface area is 302 Å². The molecule has 0 N–H and O–H groups in total. The van der Waals surface area contributed by atoms with Crippen LogP contribution in [0.5, 0.6) is 11.5 Å². The van der Waals surface area contributed by atoms with Gasteiger partial charge in [-0.05, 0) is 34.6 Å². The lowest BCUT2D eigenvalue weighted by atomic mass is 10.1. The summed E-state index contributed by atoms with van der Waals surface area (Å²) in [7, 11) is -6.21. The third-order valence-electron chi connectivity index (χ3n) is 10.8. The van der Waals surface area contributed by atoms with E-state index in [0.717, 1.165) is 24.2 Å². The molecule has 8 aliphatic heterocycles. The maximum absolute atomic E-state index is 7.90. The SMILES string of the molecule is ClP12=NP(N3CCC4(CC3)OCCO4)(N3CCC4(CC3)OCCO4)=N[P@@]3(Cl)=N[P@]4(=N1)N(CCN4Cc1ccccc1O3)Cc1ccccc1O2. The van der Waals surface area contributed by atoms with Gasteiger partial charge in [-0.2, -0.15) is 18.1 Å². The maximum Gasteiger partial charge on any atom is 0.351 e. The van der Waals surface area contributed by atoms with E-state index in [1.807, 2.05) is 36.4 Å². The van der Waals surface area contributed by atoms with Crippen molar-refractivity contribution in [3.63, 3.8) is 0 Å². The normalized spacial score (nSPS) is 36.0. The molecule has 3 spiro atoms. The minimum Gasteiger partial charge on any atom is -0.430 e. The number of nitrogens with zero attached hydrogens (tertiary/aromatic N) is 8. The van der Waals surface area contributed by atoms with Crippen LogP contribution in [-0.2, 0) is 32.0 Å². The molecule has 0 aliphatic carbocycles. The Hall–Kier alpha value is -0.780. The third-order valence-corrected chi connectivity index (χ3v) is 26.4. The number of hydrogen-bond donors (Lipinski definition) is 0. The van der Waals surface area contributed by atoms with Crippen LogP contribution in [0.25, 0.3) is 0 Å². The molecule has 0 saturated carbocycles. The molecule has 3 atom stereocenters. The van der Waals surface area contributed by atoms with E-state index in [9.17, 15) is 0 Å². The van der Waals surface area contributed by atoms with Crippen molar-refractivity contribution in [3.8, 4) is 11.5 Å². The van der Waals surface area contributed by atoms with Crippen molar-refractivity contribution in [2.45, 2.75) is 50.3 Å². The number of para-hydroxylation sites is 2. The monoisotopic (exact) mass is 802 g/mol. The van der Waals surface area contributed by atoms with Crippen LogP contribution in [-0.4, -0.2) is 96.0 Å². The van der Waals surface area contributed by atoms with Crippen molar-refractivity contribution in [1.82, 2.24) is 18.7 Å². The van der Waals surface area contributed by atoms with Gasteiger partial charge in [0.25, 0.3) is 0 Å². The number of fused-ring (bicyclic) bond motifs is 3. The van der Waals surface area contributed by atoms with Crippen molar-refractivity contribution in [1.29, 1.82) is 0 Å². The summed E-state index contributed by atoms with van der Waals surface area (Å²) in [5.41, 5.74) is 2.04. The lowest BCUT2D eigenvalue weighted by molar-refractivity contribution is -0.182. The zero-order valence-corrected chi connectivity index (χ0v) is 32.6. The van der Waals surface area contributed by atoms with Crippen LogP contribution in [0.2, 0.25) is 0 Å². The minimum atomic E-state index is -3.52. The molecule has 5 fully saturated rings. The summed E-state index contributed by atoms with van der Waals surface area (Å²) in [6, 6.07) is 16.1. The number of benzene rings is 2. The van der Waals surface area contributed by atoms with Gasteiger partial charge in [0, 0.05) is 89.2 Å². The van der Waals surface area contributed by atoms with Gasteiger partial charge < -0.3 is 28.0 Å². The predicted octanol–water partition coefficient (Wildman–Crippen LogP) is 8.74. The van der Waals surface area contributed by atoms with Crippen molar-refractivity contribution in [3.05, 3.63) is 59.7 Å². The molecule has 8 aliphatic rings. The summed E-state index contributed by atoms with van der Waals surface area (Å²) in [6.45, 7) is 0.406. The van der Waals surface area contributed by atoms with Gasteiger partial charge in [-0.1, -0.05) is 36.4 Å². The molecule has 20 heteroatoms. The second-order valence-electron chi connectivity index (χ2n) is 13.7. The average molecular weight is 804 g/mol. The fraction of sp³-hybridized carbons (Fsp3) is 0.600. The standard InChI is InChI=1S/C30H40Cl2N8O6P4/c31-47-33-49(37-13-9-29(10-14-37)41-19-20-42-29,38-15-11-30(12-16-38)43-21-22-44-30)34-48(32)36-50(35-47)39(23-25-5-1-3-7-27(25)45-47)17-18-40(50)24-26-6-2-4-8-28(26)46-48/h1-8H,9-24H2/t47-,48?,50+/m0/s1. The van der Waals surface area contributed by atoms with Crippen molar-refractivity contribution in [2.75, 3.05) is 65.7 Å². The van der Waals surface area contributed by atoms with Gasteiger partial charge in [0.2, 0.25) is 15.0 Å². The number of halogens is 2. The Balaban J connectivity index is 1.22. The molecule has 0 radical (unpaired) electrons. The van der Waals surface area contributed by atoms with E-state index < -0.39 is 40.2 Å². The molecule has 270 valence electrons. The van der Waals surface area contributed by atoms with Crippen LogP contribution in [0.3, 0.4) is 0 Å². The van der Waals surface area contributed by atoms with E-state index in [-0.39, 0.29) is 0 Å². The molecular formula is C30H40Cl2N8O6P4. The van der Waals surface area contributed by atoms with Gasteiger partial charge in [0.1, 0.15) is 11.5 Å². The first kappa shape index (κ1) is 33.8. The summed E-state index contributed by atoms with van der Waals surface area (Å²) >= 11 is 15.8. The van der Waals surface area contributed by atoms with Gasteiger partial charge in [-0.15, -0.1) is 0 Å². The van der Waals surface area contributed by atoms with Crippen LogP contribution < -0.4 is 9.05 Å². The highest BCUT2D eigenvalue weighted by atomic mass is 35.7. The van der Waals surface area contributed by atoms with Crippen LogP contribution in [0.15, 0.2) is 66.6 Å². The highest BCUT2D eigenvalue weighted by Crippen LogP contribution is 2.86. The summed E-state index contributed by atoms with van der Waals surface area (Å²) < 4.78 is 70.6. The summed E-state index contributed by atoms with van der Waals surface area (Å²) in [5.74, 6) is 0.162. The Bertz CT molecular complexity index is 1870. The van der Waals surface area contributed by atoms with Gasteiger partial charge >= 0.3 is 13.6 Å². The molecule has 1 unspecified atom stereocenters. The van der Waals surface area contributed by atoms with Crippen molar-refractivity contribution in [2.24, 2.45) is 18.1 Å². The van der Waals surface area contributed by atoms with E-state index >= 15 is 0 Å². The highest BCUT2D eigenvalue weighted by Gasteiger charge is 2.54. The lowest BCUT2D eigenvalue weighted by Gasteiger charge is -2.49. The van der Waals surface area contributed by atoms with E-state index in [4.69, 9.17) is 68.5 Å². The van der Waals surface area contributed by atoms with E-state index in [1.54, 1.807) is 0 Å². The van der Waals surface area contributed by atoms with Crippen LogP contribution in [0.1, 0.15) is 36.8 Å². The Morgan fingerprint density at radius 3 is 1.30 bits per heavy atom. The maximum atomic E-state index is 7.90. The average Bonchev–Trinajstić information content (AvgIpc) is 3.82. The molecule has 0 amide bonds. The first-order chi connectivity index (χ1) is 24.2. The van der Waals surface area contributed by atoms with Gasteiger partial charge in [0.15, 0.2) is 11.6 Å². The molecule has 2 aromatic carbocycles. The topological polar surface area (TPSA) is 118 Å². The highest BCUT2D eigenvalue weighted by molar-refractivity contribution is 7.98. The Morgan fingerprint density at radius 2 is 0.880 bits per heavy atom. The fourth-order valence-corrected chi connectivity index (χ4v) is 27.2. The summed E-state index contributed by atoms with van der Waals surface area (Å²) in [4.78, 5) is 0. The van der Waals surface area contributed by atoms with Gasteiger partial charge in [0.05, 0.1) is 26.4 Å². The van der Waals surface area contributed by atoms with E-state index in [2.05, 4.69) is 30.8 Å². The van der Waals surface area contributed by atoms with Crippen molar-refractivity contribution < 1.29 is 28.0 Å². The minimum absolute atomic E-state index is 0.589. The quantitative estimate of drug-likeness (QED) is 0.273. The molecule has 50 heavy (non-hydrogen) atoms. The summed E-state index contributed by atoms with van der Waals surface area (Å²) in [6.07, 6.45) is 2.63. The molecule has 2 aromatic rings. The van der Waals surface area contributed by atoms with Crippen molar-refractivity contribution >= 4 is 51.1 Å². The first-order valence-electron chi connectivity index (χ1n) is 17.3. The zero-order chi connectivity index (χ0) is 33.7. The molecule has 8 heterocycles. The lowest BCUT2D eigenvalue weighted by Crippen LogP contribution is -2.49. The third kappa shape index (κ3) is 5.60. The molecular weight excluding hydrogens is 763 g/mol. The van der Waals surface area contributed by atoms with Gasteiger partial charge in [-0.3, -0.25) is 0 Å². The number of hydrogen-bond acceptors (Lipinski definition) is 14. The number of rotatable bonds is 2. The number of ether oxygens (including phenoxy) is 4. The first-order valence-corrected chi connectivity index (χ1v) is 25.5. The molecule has 0 aromatic heterocycles. The molecule has 3 bridgehead atoms. The fourth-order valence-electron chi connectivity index (χ4n) is 8.26.